The Morgan fingerprint density at radius 3 is 1.93 bits per heavy atom. The summed E-state index contributed by atoms with van der Waals surface area (Å²) in [6.45, 7) is 8.87. The number of amides is 2. The van der Waals surface area contributed by atoms with E-state index < -0.39 is 34.1 Å². The summed E-state index contributed by atoms with van der Waals surface area (Å²) >= 11 is 6.56. The molecule has 0 aliphatic carbocycles. The van der Waals surface area contributed by atoms with Crippen LogP contribution in [0.2, 0.25) is 5.02 Å². The summed E-state index contributed by atoms with van der Waals surface area (Å²) in [5, 5.41) is 3.47. The van der Waals surface area contributed by atoms with E-state index in [4.69, 9.17) is 11.6 Å². The molecule has 1 unspecified atom stereocenters. The van der Waals surface area contributed by atoms with Crippen molar-refractivity contribution in [3.8, 4) is 0 Å². The molecular weight excluding hydrogens is 606 g/mol. The lowest BCUT2D eigenvalue weighted by Gasteiger charge is -2.35. The second-order valence-corrected chi connectivity index (χ2v) is 14.5. The molecule has 0 heterocycles. The molecular formula is C36H40ClN3O4S. The molecule has 0 saturated carbocycles. The predicted octanol–water partition coefficient (Wildman–Crippen LogP) is 6.71. The first-order chi connectivity index (χ1) is 21.2. The van der Waals surface area contributed by atoms with Gasteiger partial charge in [-0.3, -0.25) is 13.9 Å². The molecule has 0 saturated heterocycles. The minimum Gasteiger partial charge on any atom is -0.350 e. The smallest absolute Gasteiger partial charge is 0.264 e. The number of nitrogens with one attached hydrogen (secondary N) is 1. The van der Waals surface area contributed by atoms with Crippen LogP contribution >= 0.6 is 11.6 Å². The summed E-state index contributed by atoms with van der Waals surface area (Å²) in [6, 6.07) is 29.1. The molecule has 1 N–H and O–H groups in total. The first-order valence-corrected chi connectivity index (χ1v) is 16.6. The molecule has 1 atom stereocenters. The van der Waals surface area contributed by atoms with E-state index in [1.807, 2.05) is 71.0 Å². The Bertz CT molecular complexity index is 1720. The van der Waals surface area contributed by atoms with E-state index in [2.05, 4.69) is 5.32 Å². The van der Waals surface area contributed by atoms with Gasteiger partial charge in [0.05, 0.1) is 10.6 Å². The van der Waals surface area contributed by atoms with Gasteiger partial charge in [0.2, 0.25) is 11.8 Å². The van der Waals surface area contributed by atoms with Gasteiger partial charge in [0.1, 0.15) is 12.6 Å². The van der Waals surface area contributed by atoms with Crippen LogP contribution in [-0.2, 0) is 32.6 Å². The molecule has 2 amide bonds. The second-order valence-electron chi connectivity index (χ2n) is 12.2. The molecule has 0 aliphatic heterocycles. The van der Waals surface area contributed by atoms with Crippen molar-refractivity contribution in [3.05, 3.63) is 130 Å². The third-order valence-corrected chi connectivity index (χ3v) is 9.43. The van der Waals surface area contributed by atoms with Gasteiger partial charge in [0.25, 0.3) is 10.0 Å². The molecule has 0 aromatic heterocycles. The predicted molar refractivity (Wildman–Crippen MR) is 181 cm³/mol. The third-order valence-electron chi connectivity index (χ3n) is 7.28. The Kier molecular flexibility index (Phi) is 10.7. The van der Waals surface area contributed by atoms with Crippen LogP contribution in [0.25, 0.3) is 0 Å². The highest BCUT2D eigenvalue weighted by atomic mass is 35.5. The fraction of sp³-hybridized carbons (Fsp3) is 0.278. The first kappa shape index (κ1) is 33.7. The minimum atomic E-state index is -4.17. The molecule has 4 rings (SSSR count). The molecule has 45 heavy (non-hydrogen) atoms. The number of rotatable bonds is 11. The molecule has 0 radical (unpaired) electrons. The van der Waals surface area contributed by atoms with Gasteiger partial charge in [-0.25, -0.2) is 8.42 Å². The van der Waals surface area contributed by atoms with E-state index >= 15 is 0 Å². The van der Waals surface area contributed by atoms with Crippen molar-refractivity contribution in [2.75, 3.05) is 10.8 Å². The van der Waals surface area contributed by atoms with Crippen molar-refractivity contribution >= 4 is 39.1 Å². The second kappa shape index (κ2) is 14.3. The van der Waals surface area contributed by atoms with Gasteiger partial charge >= 0.3 is 0 Å². The highest BCUT2D eigenvalue weighted by Crippen LogP contribution is 2.27. The molecule has 236 valence electrons. The van der Waals surface area contributed by atoms with Gasteiger partial charge in [-0.05, 0) is 76.1 Å². The number of hydrogen-bond donors (Lipinski definition) is 1. The fourth-order valence-corrected chi connectivity index (χ4v) is 6.50. The maximum absolute atomic E-state index is 14.5. The van der Waals surface area contributed by atoms with Crippen molar-refractivity contribution < 1.29 is 18.0 Å². The van der Waals surface area contributed by atoms with Gasteiger partial charge in [0, 0.05) is 23.5 Å². The van der Waals surface area contributed by atoms with Crippen LogP contribution in [0.5, 0.6) is 0 Å². The van der Waals surface area contributed by atoms with Gasteiger partial charge in [-0.1, -0.05) is 95.5 Å². The highest BCUT2D eigenvalue weighted by molar-refractivity contribution is 7.92. The average molecular weight is 646 g/mol. The maximum atomic E-state index is 14.5. The monoisotopic (exact) mass is 645 g/mol. The average Bonchev–Trinajstić information content (AvgIpc) is 2.99. The number of carbonyl (C=O) groups excluding carboxylic acids is 2. The summed E-state index contributed by atoms with van der Waals surface area (Å²) in [4.78, 5) is 30.0. The van der Waals surface area contributed by atoms with Crippen LogP contribution in [0.1, 0.15) is 43.0 Å². The van der Waals surface area contributed by atoms with E-state index in [0.29, 0.717) is 16.3 Å². The zero-order valence-electron chi connectivity index (χ0n) is 26.3. The van der Waals surface area contributed by atoms with Gasteiger partial charge in [-0.15, -0.1) is 0 Å². The number of sulfonamides is 1. The number of carbonyl (C=O) groups is 2. The van der Waals surface area contributed by atoms with E-state index in [0.717, 1.165) is 21.0 Å². The van der Waals surface area contributed by atoms with Crippen LogP contribution < -0.4 is 9.62 Å². The van der Waals surface area contributed by atoms with Crippen molar-refractivity contribution in [2.24, 2.45) is 0 Å². The number of aryl methyl sites for hydroxylation is 2. The maximum Gasteiger partial charge on any atom is 0.264 e. The zero-order chi connectivity index (χ0) is 32.8. The molecule has 0 aliphatic rings. The van der Waals surface area contributed by atoms with Crippen LogP contribution in [0, 0.1) is 13.8 Å². The van der Waals surface area contributed by atoms with Gasteiger partial charge in [0.15, 0.2) is 0 Å². The van der Waals surface area contributed by atoms with Gasteiger partial charge in [-0.2, -0.15) is 0 Å². The summed E-state index contributed by atoms with van der Waals surface area (Å²) in [7, 11) is -4.17. The fourth-order valence-electron chi connectivity index (χ4n) is 4.89. The highest BCUT2D eigenvalue weighted by Gasteiger charge is 2.35. The summed E-state index contributed by atoms with van der Waals surface area (Å²) in [5.74, 6) is -0.897. The first-order valence-electron chi connectivity index (χ1n) is 14.8. The molecule has 0 spiro atoms. The largest absolute Gasteiger partial charge is 0.350 e. The van der Waals surface area contributed by atoms with Crippen molar-refractivity contribution in [1.29, 1.82) is 0 Å². The number of halogens is 1. The number of nitrogens with zero attached hydrogens (tertiary/aromatic N) is 2. The normalized spacial score (nSPS) is 12.3. The Morgan fingerprint density at radius 2 is 1.36 bits per heavy atom. The lowest BCUT2D eigenvalue weighted by atomic mass is 10.0. The Balaban J connectivity index is 1.82. The van der Waals surface area contributed by atoms with E-state index in [9.17, 15) is 18.0 Å². The summed E-state index contributed by atoms with van der Waals surface area (Å²) < 4.78 is 29.4. The van der Waals surface area contributed by atoms with Crippen LogP contribution in [0.4, 0.5) is 5.69 Å². The molecule has 7 nitrogen and oxygen atoms in total. The number of anilines is 1. The Hall–Kier alpha value is -4.14. The molecule has 4 aromatic carbocycles. The van der Waals surface area contributed by atoms with Crippen LogP contribution in [0.15, 0.2) is 108 Å². The molecule has 0 fully saturated rings. The Labute approximate surface area is 271 Å². The molecule has 0 bridgehead atoms. The van der Waals surface area contributed by atoms with E-state index in [1.165, 1.54) is 17.0 Å². The van der Waals surface area contributed by atoms with Crippen molar-refractivity contribution in [1.82, 2.24) is 10.2 Å². The summed E-state index contributed by atoms with van der Waals surface area (Å²) in [6.07, 6.45) is 0.216. The lowest BCUT2D eigenvalue weighted by Crippen LogP contribution is -2.56. The van der Waals surface area contributed by atoms with E-state index in [-0.39, 0.29) is 23.8 Å². The lowest BCUT2D eigenvalue weighted by molar-refractivity contribution is -0.140. The summed E-state index contributed by atoms with van der Waals surface area (Å²) in [5.41, 5.74) is 3.11. The standard InChI is InChI=1S/C36H40ClN3O4S/c1-26-15-19-30(20-16-26)40(45(43,44)31-21-17-27(2)18-22-31)25-34(41)39(24-29-13-9-10-14-32(29)37)33(35(42)38-36(3,4)5)23-28-11-7-6-8-12-28/h6-22,33H,23-25H2,1-5H3,(H,38,42). The number of hydrogen-bond acceptors (Lipinski definition) is 4. The number of benzene rings is 4. The SMILES string of the molecule is Cc1ccc(N(CC(=O)N(Cc2ccccc2Cl)C(Cc2ccccc2)C(=O)NC(C)(C)C)S(=O)(=O)c2ccc(C)cc2)cc1. The van der Waals surface area contributed by atoms with Crippen LogP contribution in [-0.4, -0.2) is 43.3 Å². The minimum absolute atomic E-state index is 0.000112. The third kappa shape index (κ3) is 8.96. The Morgan fingerprint density at radius 1 is 0.800 bits per heavy atom. The molecule has 9 heteroatoms. The quantitative estimate of drug-likeness (QED) is 0.197. The van der Waals surface area contributed by atoms with Crippen molar-refractivity contribution in [3.63, 3.8) is 0 Å². The molecule has 4 aromatic rings. The zero-order valence-corrected chi connectivity index (χ0v) is 27.9. The van der Waals surface area contributed by atoms with E-state index in [1.54, 1.807) is 54.6 Å². The van der Waals surface area contributed by atoms with Crippen molar-refractivity contribution in [2.45, 2.75) is 64.1 Å². The topological polar surface area (TPSA) is 86.8 Å². The van der Waals surface area contributed by atoms with Gasteiger partial charge < -0.3 is 10.2 Å². The van der Waals surface area contributed by atoms with Crippen LogP contribution in [0.3, 0.4) is 0 Å².